The van der Waals surface area contributed by atoms with Crippen molar-refractivity contribution in [2.75, 3.05) is 6.54 Å². The highest BCUT2D eigenvalue weighted by Gasteiger charge is 2.26. The molecule has 0 atom stereocenters. The normalized spacial score (nSPS) is 19.9. The molecule has 144 valence electrons. The second-order valence-corrected chi connectivity index (χ2v) is 7.95. The second kappa shape index (κ2) is 11.1. The van der Waals surface area contributed by atoms with Gasteiger partial charge in [0.05, 0.1) is 0 Å². The summed E-state index contributed by atoms with van der Waals surface area (Å²) in [5, 5.41) is 0. The Morgan fingerprint density at radius 3 is 2.58 bits per heavy atom. The molecule has 0 fully saturated rings. The zero-order chi connectivity index (χ0) is 19.6. The molecule has 0 heterocycles. The van der Waals surface area contributed by atoms with Crippen LogP contribution in [0, 0.1) is 5.41 Å². The van der Waals surface area contributed by atoms with E-state index in [2.05, 4.69) is 44.8 Å². The van der Waals surface area contributed by atoms with Gasteiger partial charge in [0.15, 0.2) is 0 Å². The summed E-state index contributed by atoms with van der Waals surface area (Å²) in [5.41, 5.74) is 4.79. The molecule has 26 heavy (non-hydrogen) atoms. The van der Waals surface area contributed by atoms with Crippen LogP contribution in [0.1, 0.15) is 73.6 Å². The first-order valence-corrected chi connectivity index (χ1v) is 9.87. The molecule has 1 nitrogen and oxygen atoms in total. The van der Waals surface area contributed by atoms with Crippen molar-refractivity contribution in [3.05, 3.63) is 58.5 Å². The third kappa shape index (κ3) is 7.68. The number of nitrogens with zero attached hydrogens (tertiary/aromatic N) is 1. The summed E-state index contributed by atoms with van der Waals surface area (Å²) in [7, 11) is 0. The average Bonchev–Trinajstić information content (AvgIpc) is 2.58. The van der Waals surface area contributed by atoms with Crippen LogP contribution >= 0.6 is 0 Å². The minimum atomic E-state index is -0.215. The maximum atomic E-state index is 14.2. The lowest BCUT2D eigenvalue weighted by atomic mass is 9.72. The summed E-state index contributed by atoms with van der Waals surface area (Å²) >= 11 is 0. The first-order valence-electron chi connectivity index (χ1n) is 9.87. The minimum Gasteiger partial charge on any atom is -0.293 e. The molecule has 0 N–H and O–H groups in total. The molecule has 0 aromatic heterocycles. The van der Waals surface area contributed by atoms with E-state index in [1.807, 2.05) is 13.0 Å². The number of unbranched alkanes of at least 4 members (excludes halogenated alkanes) is 1. The van der Waals surface area contributed by atoms with E-state index >= 15 is 0 Å². The van der Waals surface area contributed by atoms with E-state index in [-0.39, 0.29) is 11.2 Å². The predicted octanol–water partition coefficient (Wildman–Crippen LogP) is 7.69. The van der Waals surface area contributed by atoms with Gasteiger partial charge in [0, 0.05) is 12.8 Å². The van der Waals surface area contributed by atoms with Gasteiger partial charge in [-0.25, -0.2) is 4.39 Å². The van der Waals surface area contributed by atoms with Gasteiger partial charge in [0.1, 0.15) is 5.83 Å². The van der Waals surface area contributed by atoms with E-state index in [4.69, 9.17) is 0 Å². The lowest BCUT2D eigenvalue weighted by Crippen LogP contribution is -2.19. The second-order valence-electron chi connectivity index (χ2n) is 7.95. The number of rotatable bonds is 8. The molecule has 0 spiro atoms. The number of allylic oxidation sites excluding steroid dienone is 10. The summed E-state index contributed by atoms with van der Waals surface area (Å²) in [6.45, 7) is 13.6. The van der Waals surface area contributed by atoms with Crippen LogP contribution in [0.4, 0.5) is 4.39 Å². The van der Waals surface area contributed by atoms with Gasteiger partial charge in [0.25, 0.3) is 0 Å². The lowest BCUT2D eigenvalue weighted by Gasteiger charge is -2.32. The molecule has 0 aromatic carbocycles. The molecule has 1 aliphatic carbocycles. The minimum absolute atomic E-state index is 0.215. The Hall–Kier alpha value is -1.70. The first-order chi connectivity index (χ1) is 12.3. The Bertz CT molecular complexity index is 639. The summed E-state index contributed by atoms with van der Waals surface area (Å²) in [5.74, 6) is -0.215. The Morgan fingerprint density at radius 1 is 1.19 bits per heavy atom. The molecule has 0 unspecified atom stereocenters. The van der Waals surface area contributed by atoms with Crippen molar-refractivity contribution in [1.82, 2.24) is 0 Å². The molecule has 0 saturated heterocycles. The Balaban J connectivity index is 2.76. The van der Waals surface area contributed by atoms with Crippen LogP contribution in [0.2, 0.25) is 0 Å². The highest BCUT2D eigenvalue weighted by molar-refractivity contribution is 5.73. The topological polar surface area (TPSA) is 12.4 Å². The van der Waals surface area contributed by atoms with E-state index in [1.54, 1.807) is 25.3 Å². The van der Waals surface area contributed by atoms with Crippen molar-refractivity contribution in [3.63, 3.8) is 0 Å². The molecule has 0 bridgehead atoms. The maximum absolute atomic E-state index is 14.2. The van der Waals surface area contributed by atoms with E-state index in [9.17, 15) is 4.39 Å². The molecule has 2 heteroatoms. The van der Waals surface area contributed by atoms with Crippen LogP contribution < -0.4 is 0 Å². The molecule has 1 rings (SSSR count). The van der Waals surface area contributed by atoms with Crippen molar-refractivity contribution in [2.45, 2.75) is 73.6 Å². The zero-order valence-corrected chi connectivity index (χ0v) is 17.5. The Morgan fingerprint density at radius 2 is 1.92 bits per heavy atom. The van der Waals surface area contributed by atoms with Gasteiger partial charge in [-0.2, -0.15) is 0 Å². The van der Waals surface area contributed by atoms with E-state index < -0.39 is 0 Å². The fraction of sp³-hybridized carbons (Fsp3) is 0.542. The Labute approximate surface area is 160 Å². The molecule has 0 radical (unpaired) electrons. The summed E-state index contributed by atoms with van der Waals surface area (Å²) < 4.78 is 14.2. The van der Waals surface area contributed by atoms with Gasteiger partial charge < -0.3 is 0 Å². The number of halogens is 1. The van der Waals surface area contributed by atoms with Crippen molar-refractivity contribution < 1.29 is 4.39 Å². The van der Waals surface area contributed by atoms with Crippen molar-refractivity contribution in [3.8, 4) is 0 Å². The van der Waals surface area contributed by atoms with Crippen LogP contribution in [0.5, 0.6) is 0 Å². The fourth-order valence-corrected chi connectivity index (χ4v) is 3.18. The van der Waals surface area contributed by atoms with Crippen LogP contribution in [0.25, 0.3) is 0 Å². The molecule has 1 aliphatic rings. The first kappa shape index (κ1) is 22.3. The van der Waals surface area contributed by atoms with Gasteiger partial charge in [0.2, 0.25) is 0 Å². The number of aliphatic imine (C=N–C) groups is 1. The highest BCUT2D eigenvalue weighted by atomic mass is 19.1. The Kier molecular flexibility index (Phi) is 9.54. The van der Waals surface area contributed by atoms with Crippen LogP contribution in [-0.4, -0.2) is 12.8 Å². The van der Waals surface area contributed by atoms with Crippen molar-refractivity contribution in [2.24, 2.45) is 10.4 Å². The average molecular weight is 358 g/mol. The molecular formula is C24H36FN. The third-order valence-electron chi connectivity index (χ3n) is 5.00. The quantitative estimate of drug-likeness (QED) is 0.240. The highest BCUT2D eigenvalue weighted by Crippen LogP contribution is 2.40. The summed E-state index contributed by atoms with van der Waals surface area (Å²) in [6, 6.07) is 0. The standard InChI is InChI=1S/C24H36FN/c1-7-8-17-26-18-15-21(4)23(25)14-12-19(2)11-13-22-20(3)10-9-16-24(22,5)6/h11-15,18H,7-10,16-17H2,1-6H3/b13-11+,19-12-,21-15+,23-14-,26-18?. The van der Waals surface area contributed by atoms with Gasteiger partial charge in [-0.05, 0) is 75.2 Å². The van der Waals surface area contributed by atoms with Gasteiger partial charge in [-0.1, -0.05) is 56.6 Å². The van der Waals surface area contributed by atoms with Gasteiger partial charge in [-0.3, -0.25) is 4.99 Å². The summed E-state index contributed by atoms with van der Waals surface area (Å²) in [6.07, 6.45) is 17.0. The van der Waals surface area contributed by atoms with Gasteiger partial charge in [-0.15, -0.1) is 0 Å². The summed E-state index contributed by atoms with van der Waals surface area (Å²) in [4.78, 5) is 4.25. The molecule has 0 aromatic rings. The smallest absolute Gasteiger partial charge is 0.126 e. The maximum Gasteiger partial charge on any atom is 0.126 e. The fourth-order valence-electron chi connectivity index (χ4n) is 3.18. The lowest BCUT2D eigenvalue weighted by molar-refractivity contribution is 0.377. The van der Waals surface area contributed by atoms with E-state index in [0.717, 1.165) is 25.0 Å². The number of hydrogen-bond donors (Lipinski definition) is 0. The van der Waals surface area contributed by atoms with Crippen molar-refractivity contribution in [1.29, 1.82) is 0 Å². The molecular weight excluding hydrogens is 321 g/mol. The molecule has 0 amide bonds. The third-order valence-corrected chi connectivity index (χ3v) is 5.00. The molecule has 0 aliphatic heterocycles. The monoisotopic (exact) mass is 357 g/mol. The predicted molar refractivity (Wildman–Crippen MR) is 114 cm³/mol. The number of hydrogen-bond acceptors (Lipinski definition) is 1. The van der Waals surface area contributed by atoms with Crippen molar-refractivity contribution >= 4 is 6.21 Å². The van der Waals surface area contributed by atoms with E-state index in [1.165, 1.54) is 30.4 Å². The largest absolute Gasteiger partial charge is 0.293 e. The van der Waals surface area contributed by atoms with Crippen LogP contribution in [0.3, 0.4) is 0 Å². The molecule has 0 saturated carbocycles. The zero-order valence-electron chi connectivity index (χ0n) is 17.5. The van der Waals surface area contributed by atoms with E-state index in [0.29, 0.717) is 5.57 Å². The van der Waals surface area contributed by atoms with Gasteiger partial charge >= 0.3 is 0 Å². The SMILES string of the molecule is CCCCN=C/C=C(C)/C(F)=C/C=C(C)\C=C\C1=C(C)CCCC1(C)C. The van der Waals surface area contributed by atoms with Crippen LogP contribution in [-0.2, 0) is 0 Å². The van der Waals surface area contributed by atoms with Crippen LogP contribution in [0.15, 0.2) is 63.5 Å².